The van der Waals surface area contributed by atoms with Crippen molar-refractivity contribution in [1.29, 1.82) is 5.26 Å². The average Bonchev–Trinajstić information content (AvgIpc) is 3.11. The Bertz CT molecular complexity index is 1160. The van der Waals surface area contributed by atoms with E-state index in [1.807, 2.05) is 13.0 Å². The molecule has 0 spiro atoms. The van der Waals surface area contributed by atoms with E-state index in [0.717, 1.165) is 22.3 Å². The third-order valence-corrected chi connectivity index (χ3v) is 12.7. The van der Waals surface area contributed by atoms with Crippen molar-refractivity contribution in [3.05, 3.63) is 88.9 Å². The first-order valence-electron chi connectivity index (χ1n) is 12.3. The number of hydrogen-bond acceptors (Lipinski definition) is 3. The summed E-state index contributed by atoms with van der Waals surface area (Å²) in [6.07, 6.45) is 0. The Morgan fingerprint density at radius 3 is 2.11 bits per heavy atom. The summed E-state index contributed by atoms with van der Waals surface area (Å²) in [6.45, 7) is 13.5. The van der Waals surface area contributed by atoms with Gasteiger partial charge in [-0.15, -0.1) is 0 Å². The summed E-state index contributed by atoms with van der Waals surface area (Å²) < 4.78 is 8.21. The molecule has 5 heteroatoms. The highest BCUT2D eigenvalue weighted by Crippen LogP contribution is 2.42. The summed E-state index contributed by atoms with van der Waals surface area (Å²) >= 11 is 3.62. The minimum absolute atomic E-state index is 0.0418. The smallest absolute Gasteiger partial charge is 0.261 e. The molecule has 2 atom stereocenters. The van der Waals surface area contributed by atoms with Crippen molar-refractivity contribution in [2.75, 3.05) is 24.6 Å². The fourth-order valence-electron chi connectivity index (χ4n) is 5.50. The number of rotatable bonds is 7. The first-order chi connectivity index (χ1) is 16.6. The quantitative estimate of drug-likeness (QED) is 0.328. The van der Waals surface area contributed by atoms with Gasteiger partial charge in [0.25, 0.3) is 8.32 Å². The van der Waals surface area contributed by atoms with Crippen LogP contribution < -0.4 is 15.3 Å². The molecule has 0 saturated carbocycles. The molecule has 1 heterocycles. The van der Waals surface area contributed by atoms with E-state index in [1.54, 1.807) is 0 Å². The van der Waals surface area contributed by atoms with Crippen molar-refractivity contribution in [2.45, 2.75) is 45.1 Å². The number of nitrogens with zero attached hydrogens (tertiary/aromatic N) is 2. The van der Waals surface area contributed by atoms with Crippen LogP contribution in [-0.4, -0.2) is 28.0 Å². The summed E-state index contributed by atoms with van der Waals surface area (Å²) in [6, 6.07) is 30.4. The Labute approximate surface area is 220 Å². The molecule has 182 valence electrons. The Morgan fingerprint density at radius 2 is 1.60 bits per heavy atom. The maximum atomic E-state index is 9.94. The maximum absolute atomic E-state index is 9.94. The summed E-state index contributed by atoms with van der Waals surface area (Å²) in [7, 11) is -2.56. The third kappa shape index (κ3) is 4.85. The van der Waals surface area contributed by atoms with Crippen LogP contribution >= 0.6 is 15.9 Å². The van der Waals surface area contributed by atoms with Gasteiger partial charge in [0.15, 0.2) is 0 Å². The van der Waals surface area contributed by atoms with E-state index >= 15 is 0 Å². The number of hydrogen-bond donors (Lipinski definition) is 0. The summed E-state index contributed by atoms with van der Waals surface area (Å²) in [5, 5.41) is 12.5. The molecule has 0 aromatic heterocycles. The van der Waals surface area contributed by atoms with Gasteiger partial charge in [0.05, 0.1) is 11.5 Å². The lowest BCUT2D eigenvalue weighted by Gasteiger charge is -2.43. The van der Waals surface area contributed by atoms with Gasteiger partial charge in [-0.2, -0.15) is 5.26 Å². The Hall–Kier alpha value is -2.39. The Balaban J connectivity index is 1.62. The zero-order valence-electron chi connectivity index (χ0n) is 21.4. The van der Waals surface area contributed by atoms with Crippen LogP contribution in [0.3, 0.4) is 0 Å². The van der Waals surface area contributed by atoms with E-state index < -0.39 is 13.7 Å². The molecule has 3 aromatic carbocycles. The lowest BCUT2D eigenvalue weighted by molar-refractivity contribution is 0.246. The van der Waals surface area contributed by atoms with Gasteiger partial charge < -0.3 is 9.33 Å². The van der Waals surface area contributed by atoms with Gasteiger partial charge in [-0.25, -0.2) is 0 Å². The monoisotopic (exact) mass is 546 g/mol. The van der Waals surface area contributed by atoms with Gasteiger partial charge in [-0.1, -0.05) is 110 Å². The molecule has 1 unspecified atom stereocenters. The van der Waals surface area contributed by atoms with E-state index in [1.165, 1.54) is 10.4 Å². The van der Waals surface area contributed by atoms with Crippen LogP contribution in [0.25, 0.3) is 0 Å². The summed E-state index contributed by atoms with van der Waals surface area (Å²) in [5.41, 5.74) is 1.78. The normalized spacial score (nSPS) is 18.7. The second-order valence-corrected chi connectivity index (χ2v) is 16.3. The van der Waals surface area contributed by atoms with Crippen LogP contribution in [0.15, 0.2) is 83.3 Å². The summed E-state index contributed by atoms with van der Waals surface area (Å²) in [4.78, 5) is 2.36. The second-order valence-electron chi connectivity index (χ2n) is 11.1. The van der Waals surface area contributed by atoms with Crippen molar-refractivity contribution < 1.29 is 4.43 Å². The molecule has 3 aromatic rings. The van der Waals surface area contributed by atoms with E-state index in [4.69, 9.17) is 4.43 Å². The standard InChI is InChI=1S/C30H35BrN2OSi/c1-23(19-33-22-30(5,21-32)27-17-16-24(31)18-28(27)33)20-34-35(29(2,3)4,25-12-8-6-9-13-25)26-14-10-7-11-15-26/h6-18,23H,19-20,22H2,1-5H3/t23-,30?/m0/s1. The molecule has 0 N–H and O–H groups in total. The van der Waals surface area contributed by atoms with E-state index in [-0.39, 0.29) is 5.04 Å². The van der Waals surface area contributed by atoms with Crippen molar-refractivity contribution in [3.8, 4) is 6.07 Å². The number of halogens is 1. The zero-order chi connectivity index (χ0) is 25.3. The van der Waals surface area contributed by atoms with Crippen molar-refractivity contribution in [1.82, 2.24) is 0 Å². The number of nitriles is 1. The van der Waals surface area contributed by atoms with Crippen LogP contribution in [0.5, 0.6) is 0 Å². The molecular formula is C30H35BrN2OSi. The van der Waals surface area contributed by atoms with Crippen LogP contribution in [0.4, 0.5) is 5.69 Å². The molecule has 0 saturated heterocycles. The molecule has 0 bridgehead atoms. The second kappa shape index (κ2) is 9.93. The highest BCUT2D eigenvalue weighted by molar-refractivity contribution is 9.10. The first kappa shape index (κ1) is 25.7. The highest BCUT2D eigenvalue weighted by Gasteiger charge is 2.50. The van der Waals surface area contributed by atoms with Crippen LogP contribution in [-0.2, 0) is 9.84 Å². The topological polar surface area (TPSA) is 36.3 Å². The lowest BCUT2D eigenvalue weighted by Crippen LogP contribution is -2.67. The minimum atomic E-state index is -2.56. The first-order valence-corrected chi connectivity index (χ1v) is 15.0. The minimum Gasteiger partial charge on any atom is -0.407 e. The fraction of sp³-hybridized carbons (Fsp3) is 0.367. The Kier molecular flexibility index (Phi) is 7.29. The molecule has 3 nitrogen and oxygen atoms in total. The molecular weight excluding hydrogens is 512 g/mol. The van der Waals surface area contributed by atoms with Crippen molar-refractivity contribution in [2.24, 2.45) is 5.92 Å². The largest absolute Gasteiger partial charge is 0.407 e. The molecule has 35 heavy (non-hydrogen) atoms. The predicted molar refractivity (Wildman–Crippen MR) is 152 cm³/mol. The molecule has 0 aliphatic carbocycles. The molecule has 0 amide bonds. The molecule has 0 fully saturated rings. The number of fused-ring (bicyclic) bond motifs is 1. The molecule has 0 radical (unpaired) electrons. The van der Waals surface area contributed by atoms with Gasteiger partial charge in [0.1, 0.15) is 0 Å². The lowest BCUT2D eigenvalue weighted by atomic mass is 9.86. The summed E-state index contributed by atoms with van der Waals surface area (Å²) in [5.74, 6) is 0.296. The van der Waals surface area contributed by atoms with Gasteiger partial charge >= 0.3 is 0 Å². The predicted octanol–water partition coefficient (Wildman–Crippen LogP) is 6.26. The van der Waals surface area contributed by atoms with Gasteiger partial charge in [-0.05, 0) is 45.9 Å². The maximum Gasteiger partial charge on any atom is 0.261 e. The SMILES string of the molecule is C[C@H](CO[Si](c1ccccc1)(c1ccccc1)C(C)(C)C)CN1CC(C)(C#N)c2ccc(Br)cc21. The van der Waals surface area contributed by atoms with Crippen molar-refractivity contribution in [3.63, 3.8) is 0 Å². The highest BCUT2D eigenvalue weighted by atomic mass is 79.9. The van der Waals surface area contributed by atoms with Crippen LogP contribution in [0.1, 0.15) is 40.2 Å². The molecule has 4 rings (SSSR count). The Morgan fingerprint density at radius 1 is 1.03 bits per heavy atom. The van der Waals surface area contributed by atoms with Crippen LogP contribution in [0.2, 0.25) is 5.04 Å². The van der Waals surface area contributed by atoms with E-state index in [9.17, 15) is 5.26 Å². The third-order valence-electron chi connectivity index (χ3n) is 7.18. The van der Waals surface area contributed by atoms with Gasteiger partial charge in [0.2, 0.25) is 0 Å². The molecule has 1 aliphatic heterocycles. The van der Waals surface area contributed by atoms with Gasteiger partial charge in [0, 0.05) is 29.9 Å². The number of anilines is 1. The number of benzene rings is 3. The van der Waals surface area contributed by atoms with Crippen molar-refractivity contribution >= 4 is 40.3 Å². The van der Waals surface area contributed by atoms with E-state index in [0.29, 0.717) is 19.1 Å². The van der Waals surface area contributed by atoms with E-state index in [2.05, 4.69) is 127 Å². The zero-order valence-corrected chi connectivity index (χ0v) is 24.0. The average molecular weight is 548 g/mol. The van der Waals surface area contributed by atoms with Gasteiger partial charge in [-0.3, -0.25) is 0 Å². The van der Waals surface area contributed by atoms with Crippen LogP contribution in [0, 0.1) is 17.2 Å². The fourth-order valence-corrected chi connectivity index (χ4v) is 10.5. The molecule has 1 aliphatic rings.